The number of benzene rings is 3. The van der Waals surface area contributed by atoms with E-state index in [-0.39, 0.29) is 11.8 Å². The van der Waals surface area contributed by atoms with Gasteiger partial charge in [-0.1, -0.05) is 84.7 Å². The van der Waals surface area contributed by atoms with E-state index in [2.05, 4.69) is 5.32 Å². The van der Waals surface area contributed by atoms with Crippen LogP contribution in [0.15, 0.2) is 78.9 Å². The van der Waals surface area contributed by atoms with Crippen LogP contribution in [0.25, 0.3) is 0 Å². The second-order valence-electron chi connectivity index (χ2n) is 7.55. The molecule has 0 aliphatic rings. The van der Waals surface area contributed by atoms with Crippen molar-refractivity contribution >= 4 is 35.0 Å². The zero-order chi connectivity index (χ0) is 22.9. The molecular formula is C26H26Cl2N2O2. The van der Waals surface area contributed by atoms with Gasteiger partial charge in [0.2, 0.25) is 11.8 Å². The summed E-state index contributed by atoms with van der Waals surface area (Å²) in [7, 11) is 0. The second-order valence-corrected chi connectivity index (χ2v) is 8.42. The average molecular weight is 469 g/mol. The van der Waals surface area contributed by atoms with Crippen molar-refractivity contribution < 1.29 is 9.59 Å². The Hall–Kier alpha value is -2.82. The highest BCUT2D eigenvalue weighted by Gasteiger charge is 2.29. The third-order valence-corrected chi connectivity index (χ3v) is 5.72. The molecule has 6 heteroatoms. The number of nitrogens with zero attached hydrogens (tertiary/aromatic N) is 1. The van der Waals surface area contributed by atoms with E-state index in [1.165, 1.54) is 0 Å². The number of amides is 2. The molecule has 1 N–H and O–H groups in total. The lowest BCUT2D eigenvalue weighted by atomic mass is 10.0. The van der Waals surface area contributed by atoms with Crippen LogP contribution in [0.5, 0.6) is 0 Å². The van der Waals surface area contributed by atoms with E-state index in [9.17, 15) is 9.59 Å². The van der Waals surface area contributed by atoms with E-state index < -0.39 is 6.04 Å². The molecule has 3 aromatic carbocycles. The lowest BCUT2D eigenvalue weighted by molar-refractivity contribution is -0.141. The van der Waals surface area contributed by atoms with Crippen LogP contribution in [0.2, 0.25) is 10.0 Å². The number of carbonyl (C=O) groups excluding carboxylic acids is 2. The Balaban J connectivity index is 1.84. The molecule has 166 valence electrons. The van der Waals surface area contributed by atoms with Crippen LogP contribution in [-0.4, -0.2) is 22.8 Å². The Morgan fingerprint density at radius 1 is 0.812 bits per heavy atom. The molecule has 0 bridgehead atoms. The van der Waals surface area contributed by atoms with Crippen LogP contribution >= 0.6 is 23.2 Å². The minimum absolute atomic E-state index is 0.0810. The van der Waals surface area contributed by atoms with E-state index in [1.54, 1.807) is 29.2 Å². The van der Waals surface area contributed by atoms with Gasteiger partial charge in [-0.2, -0.15) is 0 Å². The Labute approximate surface area is 199 Å². The number of hydrogen-bond acceptors (Lipinski definition) is 2. The van der Waals surface area contributed by atoms with E-state index in [4.69, 9.17) is 23.2 Å². The number of nitrogens with one attached hydrogen (secondary N) is 1. The monoisotopic (exact) mass is 468 g/mol. The average Bonchev–Trinajstić information content (AvgIpc) is 2.82. The lowest BCUT2D eigenvalue weighted by Crippen LogP contribution is -2.50. The first-order chi connectivity index (χ1) is 15.5. The Morgan fingerprint density at radius 3 is 1.94 bits per heavy atom. The number of rotatable bonds is 9. The molecule has 32 heavy (non-hydrogen) atoms. The van der Waals surface area contributed by atoms with Crippen molar-refractivity contribution in [2.45, 2.75) is 38.9 Å². The van der Waals surface area contributed by atoms with Gasteiger partial charge in [0.1, 0.15) is 6.04 Å². The van der Waals surface area contributed by atoms with Gasteiger partial charge >= 0.3 is 0 Å². The van der Waals surface area contributed by atoms with Crippen molar-refractivity contribution in [1.29, 1.82) is 0 Å². The lowest BCUT2D eigenvalue weighted by Gasteiger charge is -2.31. The molecule has 0 aromatic heterocycles. The van der Waals surface area contributed by atoms with Gasteiger partial charge in [-0.3, -0.25) is 9.59 Å². The highest BCUT2D eigenvalue weighted by Crippen LogP contribution is 2.18. The van der Waals surface area contributed by atoms with Crippen molar-refractivity contribution in [3.05, 3.63) is 106 Å². The molecule has 0 radical (unpaired) electrons. The Kier molecular flexibility index (Phi) is 8.72. The summed E-state index contributed by atoms with van der Waals surface area (Å²) in [5, 5.41) is 4.27. The topological polar surface area (TPSA) is 49.4 Å². The van der Waals surface area contributed by atoms with Gasteiger partial charge in [-0.25, -0.2) is 0 Å². The van der Waals surface area contributed by atoms with Crippen molar-refractivity contribution in [3.63, 3.8) is 0 Å². The predicted octanol–water partition coefficient (Wildman–Crippen LogP) is 5.66. The van der Waals surface area contributed by atoms with Crippen LogP contribution in [0.3, 0.4) is 0 Å². The normalized spacial score (nSPS) is 11.6. The molecule has 3 aromatic rings. The zero-order valence-corrected chi connectivity index (χ0v) is 19.4. The molecular weight excluding hydrogens is 443 g/mol. The maximum Gasteiger partial charge on any atom is 0.243 e. The number of hydrogen-bond donors (Lipinski definition) is 1. The summed E-state index contributed by atoms with van der Waals surface area (Å²) in [4.78, 5) is 27.9. The Morgan fingerprint density at radius 2 is 1.38 bits per heavy atom. The van der Waals surface area contributed by atoms with Gasteiger partial charge in [-0.15, -0.1) is 0 Å². The minimum atomic E-state index is -0.646. The number of halogens is 2. The first-order valence-electron chi connectivity index (χ1n) is 10.6. The molecule has 1 atom stereocenters. The van der Waals surface area contributed by atoms with E-state index in [1.807, 2.05) is 61.5 Å². The molecule has 0 saturated heterocycles. The van der Waals surface area contributed by atoms with E-state index >= 15 is 0 Å². The first kappa shape index (κ1) is 23.8. The van der Waals surface area contributed by atoms with Crippen LogP contribution in [0, 0.1) is 0 Å². The van der Waals surface area contributed by atoms with Crippen LogP contribution in [0.4, 0.5) is 0 Å². The maximum atomic E-state index is 13.3. The van der Waals surface area contributed by atoms with E-state index in [0.717, 1.165) is 16.7 Å². The van der Waals surface area contributed by atoms with Gasteiger partial charge in [0.25, 0.3) is 0 Å². The first-order valence-corrected chi connectivity index (χ1v) is 11.3. The SMILES string of the molecule is CCC(=O)N(Cc1ccc(Cl)cc1)C(Cc1ccccc1)C(=O)NCc1ccc(Cl)cc1. The summed E-state index contributed by atoms with van der Waals surface area (Å²) in [6.07, 6.45) is 0.732. The summed E-state index contributed by atoms with van der Waals surface area (Å²) in [5.74, 6) is -0.276. The molecule has 0 aliphatic heterocycles. The fraction of sp³-hybridized carbons (Fsp3) is 0.231. The fourth-order valence-corrected chi connectivity index (χ4v) is 3.70. The summed E-state index contributed by atoms with van der Waals surface area (Å²) in [5.41, 5.74) is 2.84. The van der Waals surface area contributed by atoms with Crippen molar-refractivity contribution in [1.82, 2.24) is 10.2 Å². The van der Waals surface area contributed by atoms with Gasteiger partial charge < -0.3 is 10.2 Å². The van der Waals surface area contributed by atoms with Crippen molar-refractivity contribution in [3.8, 4) is 0 Å². The van der Waals surface area contributed by atoms with Crippen molar-refractivity contribution in [2.75, 3.05) is 0 Å². The molecule has 0 saturated carbocycles. The smallest absolute Gasteiger partial charge is 0.243 e. The largest absolute Gasteiger partial charge is 0.350 e. The predicted molar refractivity (Wildman–Crippen MR) is 130 cm³/mol. The van der Waals surface area contributed by atoms with Crippen LogP contribution in [0.1, 0.15) is 30.0 Å². The van der Waals surface area contributed by atoms with Gasteiger partial charge in [-0.05, 0) is 41.0 Å². The van der Waals surface area contributed by atoms with Crippen molar-refractivity contribution in [2.24, 2.45) is 0 Å². The van der Waals surface area contributed by atoms with Gasteiger partial charge in [0.15, 0.2) is 0 Å². The molecule has 0 fully saturated rings. The third kappa shape index (κ3) is 6.84. The summed E-state index contributed by atoms with van der Waals surface area (Å²) in [6.45, 7) is 2.49. The maximum absolute atomic E-state index is 13.3. The highest BCUT2D eigenvalue weighted by atomic mass is 35.5. The molecule has 3 rings (SSSR count). The minimum Gasteiger partial charge on any atom is -0.350 e. The summed E-state index contributed by atoms with van der Waals surface area (Å²) >= 11 is 12.0. The standard InChI is InChI=1S/C26H26Cl2N2O2/c1-2-25(31)30(18-21-10-14-23(28)15-11-21)24(16-19-6-4-3-5-7-19)26(32)29-17-20-8-12-22(27)13-9-20/h3-15,24H,2,16-18H2,1H3,(H,29,32). The summed E-state index contributed by atoms with van der Waals surface area (Å²) < 4.78 is 0. The molecule has 0 spiro atoms. The molecule has 0 heterocycles. The van der Waals surface area contributed by atoms with Gasteiger partial charge in [0.05, 0.1) is 0 Å². The molecule has 1 unspecified atom stereocenters. The summed E-state index contributed by atoms with van der Waals surface area (Å²) in [6, 6.07) is 23.8. The third-order valence-electron chi connectivity index (χ3n) is 5.22. The number of carbonyl (C=O) groups is 2. The van der Waals surface area contributed by atoms with Gasteiger partial charge in [0, 0.05) is 36.0 Å². The van der Waals surface area contributed by atoms with E-state index in [0.29, 0.717) is 36.0 Å². The molecule has 2 amide bonds. The van der Waals surface area contributed by atoms with Crippen LogP contribution in [-0.2, 0) is 29.1 Å². The zero-order valence-electron chi connectivity index (χ0n) is 17.9. The van der Waals surface area contributed by atoms with Crippen LogP contribution < -0.4 is 5.32 Å². The Bertz CT molecular complexity index is 1020. The second kappa shape index (κ2) is 11.7. The molecule has 0 aliphatic carbocycles. The highest BCUT2D eigenvalue weighted by molar-refractivity contribution is 6.30. The molecule has 4 nitrogen and oxygen atoms in total. The fourth-order valence-electron chi connectivity index (χ4n) is 3.45. The quantitative estimate of drug-likeness (QED) is 0.440.